The molecule has 1 aliphatic rings. The van der Waals surface area contributed by atoms with Crippen molar-refractivity contribution < 1.29 is 41.0 Å². The molecule has 11 heteroatoms. The van der Waals surface area contributed by atoms with E-state index in [1.807, 2.05) is 0 Å². The van der Waals surface area contributed by atoms with Crippen molar-refractivity contribution in [2.45, 2.75) is 25.3 Å². The maximum Gasteiger partial charge on any atom is 0.416 e. The van der Waals surface area contributed by atoms with Crippen LogP contribution in [0.15, 0.2) is 42.5 Å². The third-order valence-corrected chi connectivity index (χ3v) is 5.04. The van der Waals surface area contributed by atoms with E-state index in [0.29, 0.717) is 17.7 Å². The highest BCUT2D eigenvalue weighted by molar-refractivity contribution is 5.97. The lowest BCUT2D eigenvalue weighted by atomic mass is 10.1. The number of hydrogen-bond acceptors (Lipinski definition) is 3. The number of carbonyl (C=O) groups excluding carboxylic acids is 2. The van der Waals surface area contributed by atoms with Crippen molar-refractivity contribution in [2.75, 3.05) is 13.1 Å². The van der Waals surface area contributed by atoms with Crippen molar-refractivity contribution in [1.82, 2.24) is 10.2 Å². The Morgan fingerprint density at radius 2 is 1.69 bits per heavy atom. The molecule has 0 aliphatic carbocycles. The van der Waals surface area contributed by atoms with E-state index < -0.39 is 40.7 Å². The molecule has 32 heavy (non-hydrogen) atoms. The Labute approximate surface area is 178 Å². The number of likely N-dealkylation sites (tertiary alicyclic amines) is 1. The molecule has 0 bridgehead atoms. The van der Waals surface area contributed by atoms with E-state index in [4.69, 9.17) is 0 Å². The van der Waals surface area contributed by atoms with Gasteiger partial charge in [-0.1, -0.05) is 12.1 Å². The van der Waals surface area contributed by atoms with Crippen molar-refractivity contribution in [3.8, 4) is 5.75 Å². The quantitative estimate of drug-likeness (QED) is 0.657. The van der Waals surface area contributed by atoms with Gasteiger partial charge in [-0.05, 0) is 35.9 Å². The van der Waals surface area contributed by atoms with Gasteiger partial charge < -0.3 is 15.3 Å². The van der Waals surface area contributed by atoms with Crippen LogP contribution in [0.25, 0.3) is 0 Å². The number of amides is 2. The minimum atomic E-state index is -4.69. The van der Waals surface area contributed by atoms with Gasteiger partial charge >= 0.3 is 12.4 Å². The number of alkyl halides is 6. The van der Waals surface area contributed by atoms with Crippen LogP contribution >= 0.6 is 0 Å². The van der Waals surface area contributed by atoms with Gasteiger partial charge in [0.15, 0.2) is 0 Å². The zero-order chi connectivity index (χ0) is 23.7. The summed E-state index contributed by atoms with van der Waals surface area (Å²) < 4.78 is 77.1. The summed E-state index contributed by atoms with van der Waals surface area (Å²) in [4.78, 5) is 25.8. The van der Waals surface area contributed by atoms with Crippen LogP contribution in [0.1, 0.15) is 33.5 Å². The average Bonchev–Trinajstić information content (AvgIpc) is 3.04. The number of aromatic hydroxyl groups is 1. The summed E-state index contributed by atoms with van der Waals surface area (Å²) in [6.45, 7) is 0.0604. The van der Waals surface area contributed by atoms with E-state index in [1.165, 1.54) is 17.0 Å². The second-order valence-electron chi connectivity index (χ2n) is 7.48. The first-order valence-electron chi connectivity index (χ1n) is 9.47. The average molecular weight is 460 g/mol. The smallest absolute Gasteiger partial charge is 0.416 e. The minimum Gasteiger partial charge on any atom is -0.507 e. The molecule has 0 radical (unpaired) electrons. The van der Waals surface area contributed by atoms with E-state index >= 15 is 0 Å². The molecule has 1 atom stereocenters. The molecular formula is C21H18F6N2O3. The molecule has 172 valence electrons. The normalized spacial score (nSPS) is 17.0. The highest BCUT2D eigenvalue weighted by atomic mass is 19.4. The number of rotatable bonds is 5. The maximum atomic E-state index is 12.9. The molecule has 1 fully saturated rings. The third-order valence-electron chi connectivity index (χ3n) is 5.04. The zero-order valence-corrected chi connectivity index (χ0v) is 16.4. The number of nitrogens with zero attached hydrogens (tertiary/aromatic N) is 1. The van der Waals surface area contributed by atoms with Crippen LogP contribution in [0.4, 0.5) is 26.3 Å². The lowest BCUT2D eigenvalue weighted by molar-refractivity contribution is -0.138. The van der Waals surface area contributed by atoms with E-state index in [0.717, 1.165) is 18.2 Å². The molecule has 0 aromatic heterocycles. The van der Waals surface area contributed by atoms with Gasteiger partial charge in [0.1, 0.15) is 5.75 Å². The zero-order valence-electron chi connectivity index (χ0n) is 16.4. The molecule has 2 N–H and O–H groups in total. The summed E-state index contributed by atoms with van der Waals surface area (Å²) >= 11 is 0. The monoisotopic (exact) mass is 460 g/mol. The van der Waals surface area contributed by atoms with E-state index in [9.17, 15) is 41.0 Å². The second-order valence-corrected chi connectivity index (χ2v) is 7.48. The number of nitrogens with one attached hydrogen (secondary N) is 1. The highest BCUT2D eigenvalue weighted by Gasteiger charge is 2.34. The lowest BCUT2D eigenvalue weighted by Gasteiger charge is -2.18. The van der Waals surface area contributed by atoms with Gasteiger partial charge in [-0.15, -0.1) is 0 Å². The minimum absolute atomic E-state index is 0.0216. The molecule has 0 spiro atoms. The lowest BCUT2D eigenvalue weighted by Crippen LogP contribution is -2.31. The summed E-state index contributed by atoms with van der Waals surface area (Å²) in [5.74, 6) is -2.25. The Morgan fingerprint density at radius 3 is 2.34 bits per heavy atom. The van der Waals surface area contributed by atoms with E-state index in [2.05, 4.69) is 5.32 Å². The molecular weight excluding hydrogens is 442 g/mol. The number of halogens is 6. The largest absolute Gasteiger partial charge is 0.507 e. The fraction of sp³-hybridized carbons (Fsp3) is 0.333. The number of phenolic OH excluding ortho intramolecular Hbond substituents is 1. The standard InChI is InChI=1S/C21H18F6N2O3/c22-20(23,24)14-3-1-2-12(6-14)10-29-11-13(7-18(29)31)9-28-19(32)16-8-15(21(25,26)27)4-5-17(16)30/h1-6,8,13,30H,7,9-11H2,(H,28,32)/t13-/m0/s1. The van der Waals surface area contributed by atoms with Crippen molar-refractivity contribution in [3.63, 3.8) is 0 Å². The summed E-state index contributed by atoms with van der Waals surface area (Å²) in [6, 6.07) is 6.55. The number of phenols is 1. The van der Waals surface area contributed by atoms with Crippen LogP contribution in [0.3, 0.4) is 0 Å². The Morgan fingerprint density at radius 1 is 1.03 bits per heavy atom. The number of carbonyl (C=O) groups is 2. The fourth-order valence-corrected chi connectivity index (χ4v) is 3.44. The third kappa shape index (κ3) is 5.51. The van der Waals surface area contributed by atoms with Crippen molar-refractivity contribution in [1.29, 1.82) is 0 Å². The van der Waals surface area contributed by atoms with Gasteiger partial charge in [0.05, 0.1) is 16.7 Å². The van der Waals surface area contributed by atoms with Crippen LogP contribution < -0.4 is 5.32 Å². The predicted octanol–water partition coefficient (Wildman–Crippen LogP) is 4.21. The molecule has 0 saturated carbocycles. The summed E-state index contributed by atoms with van der Waals surface area (Å²) in [5.41, 5.74) is -2.17. The van der Waals surface area contributed by atoms with Gasteiger partial charge in [-0.25, -0.2) is 0 Å². The number of hydrogen-bond donors (Lipinski definition) is 2. The second kappa shape index (κ2) is 8.71. The van der Waals surface area contributed by atoms with Gasteiger partial charge in [0.25, 0.3) is 5.91 Å². The van der Waals surface area contributed by atoms with E-state index in [-0.39, 0.29) is 37.9 Å². The highest BCUT2D eigenvalue weighted by Crippen LogP contribution is 2.32. The molecule has 1 heterocycles. The predicted molar refractivity (Wildman–Crippen MR) is 100 cm³/mol. The topological polar surface area (TPSA) is 69.6 Å². The Hall–Kier alpha value is -3.24. The Bertz CT molecular complexity index is 1020. The van der Waals surface area contributed by atoms with E-state index in [1.54, 1.807) is 0 Å². The first kappa shape index (κ1) is 23.4. The molecule has 2 amide bonds. The molecule has 3 rings (SSSR count). The maximum absolute atomic E-state index is 12.9. The molecule has 1 aliphatic heterocycles. The van der Waals surface area contributed by atoms with Crippen molar-refractivity contribution in [2.24, 2.45) is 5.92 Å². The molecule has 1 saturated heterocycles. The van der Waals surface area contributed by atoms with Gasteiger partial charge in [-0.3, -0.25) is 9.59 Å². The molecule has 5 nitrogen and oxygen atoms in total. The fourth-order valence-electron chi connectivity index (χ4n) is 3.44. The van der Waals surface area contributed by atoms with Gasteiger partial charge in [0.2, 0.25) is 5.91 Å². The van der Waals surface area contributed by atoms with Crippen LogP contribution in [0.2, 0.25) is 0 Å². The van der Waals surface area contributed by atoms with Crippen molar-refractivity contribution >= 4 is 11.8 Å². The Balaban J connectivity index is 1.60. The first-order chi connectivity index (χ1) is 14.8. The summed E-state index contributed by atoms with van der Waals surface area (Å²) in [6.07, 6.45) is -9.18. The van der Waals surface area contributed by atoms with Crippen LogP contribution in [0, 0.1) is 5.92 Å². The van der Waals surface area contributed by atoms with Crippen LogP contribution in [-0.2, 0) is 23.7 Å². The first-order valence-corrected chi connectivity index (χ1v) is 9.47. The van der Waals surface area contributed by atoms with Crippen LogP contribution in [-0.4, -0.2) is 34.9 Å². The summed E-state index contributed by atoms with van der Waals surface area (Å²) in [7, 11) is 0. The van der Waals surface area contributed by atoms with Crippen LogP contribution in [0.5, 0.6) is 5.75 Å². The Kier molecular flexibility index (Phi) is 6.38. The van der Waals surface area contributed by atoms with Gasteiger partial charge in [-0.2, -0.15) is 26.3 Å². The van der Waals surface area contributed by atoms with Crippen molar-refractivity contribution in [3.05, 3.63) is 64.7 Å². The molecule has 2 aromatic carbocycles. The van der Waals surface area contributed by atoms with Gasteiger partial charge in [0, 0.05) is 32.0 Å². The number of benzene rings is 2. The summed E-state index contributed by atoms with van der Waals surface area (Å²) in [5, 5.41) is 12.1. The molecule has 0 unspecified atom stereocenters. The SMILES string of the molecule is O=C(NC[C@@H]1CC(=O)N(Cc2cccc(C(F)(F)F)c2)C1)c1cc(C(F)(F)F)ccc1O. The molecule has 2 aromatic rings.